The Kier molecular flexibility index (Phi) is 3.63. The van der Waals surface area contributed by atoms with Gasteiger partial charge in [-0.15, -0.1) is 10.2 Å². The van der Waals surface area contributed by atoms with Gasteiger partial charge in [-0.05, 0) is 25.0 Å². The van der Waals surface area contributed by atoms with E-state index in [2.05, 4.69) is 20.8 Å². The van der Waals surface area contributed by atoms with E-state index in [0.29, 0.717) is 11.7 Å². The van der Waals surface area contributed by atoms with Crippen LogP contribution in [0.2, 0.25) is 0 Å². The molecule has 0 spiro atoms. The van der Waals surface area contributed by atoms with Gasteiger partial charge in [0.05, 0.1) is 5.69 Å². The van der Waals surface area contributed by atoms with Crippen molar-refractivity contribution in [3.63, 3.8) is 0 Å². The smallest absolute Gasteiger partial charge is 0.345 e. The molecule has 0 amide bonds. The van der Waals surface area contributed by atoms with Gasteiger partial charge in [0, 0.05) is 5.92 Å². The molecule has 0 bridgehead atoms. The lowest BCUT2D eigenvalue weighted by atomic mass is 9.88. The molecule has 1 N–H and O–H groups in total. The average molecular weight is 311 g/mol. The number of hydrazine groups is 1. The molecule has 1 aromatic carbocycles. The van der Waals surface area contributed by atoms with Crippen molar-refractivity contribution in [3.8, 4) is 0 Å². The van der Waals surface area contributed by atoms with E-state index in [1.165, 1.54) is 19.3 Å². The minimum Gasteiger partial charge on any atom is -0.345 e. The summed E-state index contributed by atoms with van der Waals surface area (Å²) in [6.45, 7) is 0. The van der Waals surface area contributed by atoms with Crippen molar-refractivity contribution in [1.29, 1.82) is 0 Å². The molecule has 2 heterocycles. The fourth-order valence-electron chi connectivity index (χ4n) is 3.11. The molecule has 1 saturated carbocycles. The van der Waals surface area contributed by atoms with E-state index in [0.717, 1.165) is 24.4 Å². The maximum absolute atomic E-state index is 12.1. The van der Waals surface area contributed by atoms with Crippen molar-refractivity contribution in [2.75, 3.05) is 5.01 Å². The summed E-state index contributed by atoms with van der Waals surface area (Å²) in [6, 6.07) is 9.41. The molecule has 3 aliphatic rings. The lowest BCUT2D eigenvalue weighted by Crippen LogP contribution is -2.29. The third-order valence-corrected chi connectivity index (χ3v) is 4.31. The zero-order chi connectivity index (χ0) is 15.6. The van der Waals surface area contributed by atoms with Gasteiger partial charge in [0.15, 0.2) is 11.5 Å². The maximum Gasteiger partial charge on any atom is 0.380 e. The molecule has 2 fully saturated rings. The Morgan fingerprint density at radius 3 is 2.65 bits per heavy atom. The third-order valence-electron chi connectivity index (χ3n) is 4.31. The fraction of sp³-hybridized carbons (Fsp3) is 0.375. The number of benzene rings is 1. The van der Waals surface area contributed by atoms with Crippen LogP contribution in [0, 0.1) is 5.92 Å². The second-order valence-electron chi connectivity index (χ2n) is 5.83. The summed E-state index contributed by atoms with van der Waals surface area (Å²) < 4.78 is 0. The quantitative estimate of drug-likeness (QED) is 0.851. The first-order valence-corrected chi connectivity index (χ1v) is 7.89. The Labute approximate surface area is 133 Å². The predicted octanol–water partition coefficient (Wildman–Crippen LogP) is 3.08. The van der Waals surface area contributed by atoms with E-state index in [1.54, 1.807) is 5.01 Å². The molecule has 7 nitrogen and oxygen atoms in total. The number of carbonyl (C=O) groups is 1. The van der Waals surface area contributed by atoms with E-state index < -0.39 is 5.97 Å². The molecule has 1 saturated heterocycles. The van der Waals surface area contributed by atoms with E-state index in [9.17, 15) is 4.79 Å². The summed E-state index contributed by atoms with van der Waals surface area (Å²) in [5, 5.41) is 9.87. The van der Waals surface area contributed by atoms with Crippen LogP contribution in [0.1, 0.15) is 32.1 Å². The van der Waals surface area contributed by atoms with Gasteiger partial charge in [-0.1, -0.05) is 43.1 Å². The monoisotopic (exact) mass is 311 g/mol. The molecule has 118 valence electrons. The van der Waals surface area contributed by atoms with Gasteiger partial charge in [-0.25, -0.2) is 14.8 Å². The average Bonchev–Trinajstić information content (AvgIpc) is 3.23. The first kappa shape index (κ1) is 14.1. The Morgan fingerprint density at radius 2 is 1.87 bits per heavy atom. The molecule has 4 rings (SSSR count). The van der Waals surface area contributed by atoms with Crippen LogP contribution in [0.3, 0.4) is 0 Å². The summed E-state index contributed by atoms with van der Waals surface area (Å²) in [5.41, 5.74) is 3.64. The summed E-state index contributed by atoms with van der Waals surface area (Å²) >= 11 is 0. The van der Waals surface area contributed by atoms with Gasteiger partial charge in [-0.2, -0.15) is 0 Å². The molecule has 1 aromatic rings. The number of nitrogens with one attached hydrogen (secondary N) is 1. The lowest BCUT2D eigenvalue weighted by Gasteiger charge is -2.18. The number of carbonyl (C=O) groups excluding carboxylic acids is 1. The number of azo groups is 1. The number of rotatable bonds is 2. The Morgan fingerprint density at radius 1 is 1.09 bits per heavy atom. The van der Waals surface area contributed by atoms with Gasteiger partial charge in [0.2, 0.25) is 5.82 Å². The number of hydrogen-bond acceptors (Lipinski definition) is 7. The number of hydrogen-bond donors (Lipinski definition) is 1. The summed E-state index contributed by atoms with van der Waals surface area (Å²) in [5.74, 6) is 0.891. The highest BCUT2D eigenvalue weighted by Gasteiger charge is 2.35. The zero-order valence-corrected chi connectivity index (χ0v) is 12.6. The summed E-state index contributed by atoms with van der Waals surface area (Å²) in [6.07, 6.45) is 5.85. The van der Waals surface area contributed by atoms with Crippen molar-refractivity contribution in [1.82, 2.24) is 5.59 Å². The number of nitrogens with zero attached hydrogens (tertiary/aromatic N) is 4. The first-order valence-electron chi connectivity index (χ1n) is 7.89. The van der Waals surface area contributed by atoms with Crippen molar-refractivity contribution >= 4 is 17.5 Å². The van der Waals surface area contributed by atoms with E-state index in [1.807, 2.05) is 30.3 Å². The molecule has 23 heavy (non-hydrogen) atoms. The van der Waals surface area contributed by atoms with Gasteiger partial charge in [-0.3, -0.25) is 0 Å². The molecule has 0 atom stereocenters. The SMILES string of the molecule is O=C1ONN(c2ccccc2)C1=C1N=NC(C2CCCCC2)=N1. The zero-order valence-electron chi connectivity index (χ0n) is 12.6. The van der Waals surface area contributed by atoms with Crippen LogP contribution in [-0.4, -0.2) is 11.8 Å². The lowest BCUT2D eigenvalue weighted by molar-refractivity contribution is -0.140. The van der Waals surface area contributed by atoms with Gasteiger partial charge >= 0.3 is 5.97 Å². The highest BCUT2D eigenvalue weighted by Crippen LogP contribution is 2.31. The van der Waals surface area contributed by atoms with Crippen LogP contribution >= 0.6 is 0 Å². The van der Waals surface area contributed by atoms with Crippen LogP contribution in [0.15, 0.2) is 57.1 Å². The molecular formula is C16H17N5O2. The van der Waals surface area contributed by atoms with Gasteiger partial charge in [0.25, 0.3) is 0 Å². The van der Waals surface area contributed by atoms with Crippen molar-refractivity contribution < 1.29 is 9.63 Å². The topological polar surface area (TPSA) is 78.6 Å². The van der Waals surface area contributed by atoms with Crippen LogP contribution in [0.25, 0.3) is 0 Å². The van der Waals surface area contributed by atoms with Crippen LogP contribution in [0.4, 0.5) is 5.69 Å². The normalized spacial score (nSPS) is 25.0. The van der Waals surface area contributed by atoms with Crippen LogP contribution in [-0.2, 0) is 9.63 Å². The largest absolute Gasteiger partial charge is 0.380 e. The van der Waals surface area contributed by atoms with Crippen LogP contribution in [0.5, 0.6) is 0 Å². The van der Waals surface area contributed by atoms with Crippen molar-refractivity contribution in [2.24, 2.45) is 21.1 Å². The third kappa shape index (κ3) is 2.63. The molecule has 2 aliphatic heterocycles. The number of amidine groups is 1. The second-order valence-corrected chi connectivity index (χ2v) is 5.83. The Hall–Kier alpha value is -2.54. The molecule has 0 unspecified atom stereocenters. The molecule has 0 aromatic heterocycles. The van der Waals surface area contributed by atoms with Crippen molar-refractivity contribution in [2.45, 2.75) is 32.1 Å². The van der Waals surface area contributed by atoms with E-state index in [4.69, 9.17) is 4.84 Å². The van der Waals surface area contributed by atoms with Gasteiger partial charge in [0.1, 0.15) is 0 Å². The Balaban J connectivity index is 1.67. The molecular weight excluding hydrogens is 294 g/mol. The highest BCUT2D eigenvalue weighted by atomic mass is 16.7. The number of aliphatic imine (C=N–C) groups is 1. The van der Waals surface area contributed by atoms with Crippen LogP contribution < -0.4 is 10.6 Å². The minimum absolute atomic E-state index is 0.269. The fourth-order valence-corrected chi connectivity index (χ4v) is 3.11. The van der Waals surface area contributed by atoms with E-state index in [-0.39, 0.29) is 5.70 Å². The number of para-hydroxylation sites is 1. The summed E-state index contributed by atoms with van der Waals surface area (Å²) in [7, 11) is 0. The Bertz CT molecular complexity index is 704. The minimum atomic E-state index is -0.503. The number of anilines is 1. The molecule has 1 aliphatic carbocycles. The highest BCUT2D eigenvalue weighted by molar-refractivity contribution is 5.97. The standard InChI is InChI=1S/C16H17N5O2/c22-16-13(21(20-23-16)12-9-5-2-6-10-12)15-17-14(18-19-15)11-7-3-1-4-8-11/h2,5-6,9-11,20H,1,3-4,7-8H2. The van der Waals surface area contributed by atoms with E-state index >= 15 is 0 Å². The predicted molar refractivity (Wildman–Crippen MR) is 84.0 cm³/mol. The molecule has 7 heteroatoms. The maximum atomic E-state index is 12.1. The first-order chi connectivity index (χ1) is 11.3. The summed E-state index contributed by atoms with van der Waals surface area (Å²) in [4.78, 5) is 21.5. The van der Waals surface area contributed by atoms with Gasteiger partial charge < -0.3 is 4.84 Å². The second kappa shape index (κ2) is 5.92. The molecule has 0 radical (unpaired) electrons. The van der Waals surface area contributed by atoms with Crippen molar-refractivity contribution in [3.05, 3.63) is 41.8 Å².